The summed E-state index contributed by atoms with van der Waals surface area (Å²) in [6, 6.07) is 11.7. The fourth-order valence-electron chi connectivity index (χ4n) is 3.68. The van der Waals surface area contributed by atoms with E-state index in [0.29, 0.717) is 44.9 Å². The van der Waals surface area contributed by atoms with E-state index < -0.39 is 5.97 Å². The maximum atomic E-state index is 14.4. The van der Waals surface area contributed by atoms with Gasteiger partial charge in [-0.15, -0.1) is 0 Å². The highest BCUT2D eigenvalue weighted by atomic mass is 19.1. The second kappa shape index (κ2) is 6.49. The second-order valence-corrected chi connectivity index (χ2v) is 6.69. The lowest BCUT2D eigenvalue weighted by molar-refractivity contribution is -0.110. The van der Waals surface area contributed by atoms with E-state index >= 15 is 0 Å². The van der Waals surface area contributed by atoms with Gasteiger partial charge in [0.15, 0.2) is 0 Å². The van der Waals surface area contributed by atoms with Crippen molar-refractivity contribution in [2.75, 3.05) is 5.32 Å². The molecule has 1 aliphatic heterocycles. The number of nitrogens with one attached hydrogen (secondary N) is 2. The van der Waals surface area contributed by atoms with Gasteiger partial charge in [-0.05, 0) is 43.2 Å². The van der Waals surface area contributed by atoms with Gasteiger partial charge in [0.05, 0.1) is 11.1 Å². The number of anilines is 1. The molecule has 0 saturated heterocycles. The molecule has 5 nitrogen and oxygen atoms in total. The second-order valence-electron chi connectivity index (χ2n) is 6.69. The number of benzene rings is 2. The number of aryl methyl sites for hydroxylation is 1. The van der Waals surface area contributed by atoms with Gasteiger partial charge in [-0.25, -0.2) is 9.18 Å². The largest absolute Gasteiger partial charge is 0.478 e. The number of aromatic nitrogens is 1. The highest BCUT2D eigenvalue weighted by Crippen LogP contribution is 2.41. The highest BCUT2D eigenvalue weighted by molar-refractivity contribution is 6.36. The number of rotatable bonds is 3. The van der Waals surface area contributed by atoms with Crippen LogP contribution in [-0.4, -0.2) is 22.0 Å². The first kappa shape index (κ1) is 17.7. The Hall–Kier alpha value is -3.67. The zero-order valence-electron chi connectivity index (χ0n) is 15.3. The van der Waals surface area contributed by atoms with Gasteiger partial charge in [-0.2, -0.15) is 0 Å². The molecule has 0 radical (unpaired) electrons. The molecule has 0 saturated carbocycles. The van der Waals surface area contributed by atoms with Crippen LogP contribution in [0.4, 0.5) is 10.1 Å². The summed E-state index contributed by atoms with van der Waals surface area (Å²) >= 11 is 0. The zero-order chi connectivity index (χ0) is 20.0. The Bertz CT molecular complexity index is 1170. The molecule has 3 N–H and O–H groups in total. The maximum Gasteiger partial charge on any atom is 0.337 e. The van der Waals surface area contributed by atoms with Crippen LogP contribution in [0.25, 0.3) is 22.8 Å². The molecule has 0 aliphatic carbocycles. The molecular formula is C22H17FN2O3. The van der Waals surface area contributed by atoms with Crippen molar-refractivity contribution < 1.29 is 19.1 Å². The van der Waals surface area contributed by atoms with Gasteiger partial charge in [0.1, 0.15) is 5.82 Å². The fraction of sp³-hybridized carbons (Fsp3) is 0.0909. The van der Waals surface area contributed by atoms with Crippen LogP contribution in [0.15, 0.2) is 42.5 Å². The van der Waals surface area contributed by atoms with Crippen LogP contribution in [-0.2, 0) is 4.79 Å². The number of carbonyl (C=O) groups is 2. The monoisotopic (exact) mass is 376 g/mol. The van der Waals surface area contributed by atoms with Crippen molar-refractivity contribution in [3.05, 3.63) is 76.4 Å². The van der Waals surface area contributed by atoms with Crippen LogP contribution < -0.4 is 5.32 Å². The minimum atomic E-state index is -1.03. The van der Waals surface area contributed by atoms with Crippen molar-refractivity contribution in [3.8, 4) is 11.1 Å². The summed E-state index contributed by atoms with van der Waals surface area (Å²) in [4.78, 5) is 27.1. The molecule has 6 heteroatoms. The normalized spacial score (nSPS) is 14.2. The van der Waals surface area contributed by atoms with Gasteiger partial charge >= 0.3 is 5.97 Å². The topological polar surface area (TPSA) is 82.2 Å². The lowest BCUT2D eigenvalue weighted by Crippen LogP contribution is -2.04. The first-order chi connectivity index (χ1) is 13.4. The predicted octanol–water partition coefficient (Wildman–Crippen LogP) is 4.63. The number of hydrogen-bond acceptors (Lipinski definition) is 2. The Morgan fingerprint density at radius 3 is 2.46 bits per heavy atom. The lowest BCUT2D eigenvalue weighted by atomic mass is 9.94. The smallest absolute Gasteiger partial charge is 0.337 e. The molecule has 2 heterocycles. The Kier molecular flexibility index (Phi) is 4.11. The van der Waals surface area contributed by atoms with E-state index in [2.05, 4.69) is 10.3 Å². The Morgan fingerprint density at radius 1 is 1.07 bits per heavy atom. The van der Waals surface area contributed by atoms with Gasteiger partial charge in [-0.3, -0.25) is 4.79 Å². The number of halogens is 1. The summed E-state index contributed by atoms with van der Waals surface area (Å²) in [7, 11) is 0. The third-order valence-electron chi connectivity index (χ3n) is 4.97. The number of amides is 1. The molecule has 2 aromatic carbocycles. The highest BCUT2D eigenvalue weighted by Gasteiger charge is 2.29. The number of aromatic amines is 1. The molecule has 0 unspecified atom stereocenters. The van der Waals surface area contributed by atoms with Crippen molar-refractivity contribution in [1.29, 1.82) is 0 Å². The summed E-state index contributed by atoms with van der Waals surface area (Å²) in [6.45, 7) is 3.36. The molecule has 3 aromatic rings. The number of hydrogen-bond donors (Lipinski definition) is 3. The molecule has 0 fully saturated rings. The van der Waals surface area contributed by atoms with E-state index in [-0.39, 0.29) is 17.3 Å². The van der Waals surface area contributed by atoms with Gasteiger partial charge in [0.25, 0.3) is 5.91 Å². The Labute approximate surface area is 160 Å². The molecule has 0 spiro atoms. The molecule has 140 valence electrons. The first-order valence-corrected chi connectivity index (χ1v) is 8.72. The van der Waals surface area contributed by atoms with Crippen LogP contribution in [0.5, 0.6) is 0 Å². The van der Waals surface area contributed by atoms with Gasteiger partial charge in [0.2, 0.25) is 0 Å². The average Bonchev–Trinajstić information content (AvgIpc) is 3.11. The molecular weight excluding hydrogens is 359 g/mol. The van der Waals surface area contributed by atoms with Crippen molar-refractivity contribution >= 4 is 29.2 Å². The third kappa shape index (κ3) is 2.70. The number of H-pyrrole nitrogens is 1. The van der Waals surface area contributed by atoms with E-state index in [1.807, 2.05) is 0 Å². The van der Waals surface area contributed by atoms with Crippen molar-refractivity contribution in [2.24, 2.45) is 0 Å². The maximum absolute atomic E-state index is 14.4. The molecule has 1 aromatic heterocycles. The standard InChI is InChI=1S/C22H17FN2O3/c1-11-18(24-12(2)19(11)22(27)28)10-15-20-14(13-6-3-4-8-16(13)23)7-5-9-17(20)25-21(15)26/h3-10,24H,1-2H3,(H,25,26)(H,27,28)/b15-10-. The van der Waals surface area contributed by atoms with Gasteiger partial charge < -0.3 is 15.4 Å². The van der Waals surface area contributed by atoms with Crippen LogP contribution in [0, 0.1) is 19.7 Å². The molecule has 1 aliphatic rings. The van der Waals surface area contributed by atoms with E-state index in [9.17, 15) is 19.1 Å². The van der Waals surface area contributed by atoms with E-state index in [1.54, 1.807) is 56.3 Å². The molecule has 1 amide bonds. The molecule has 4 rings (SSSR count). The predicted molar refractivity (Wildman–Crippen MR) is 106 cm³/mol. The summed E-state index contributed by atoms with van der Waals surface area (Å²) in [6.07, 6.45) is 1.63. The van der Waals surface area contributed by atoms with Crippen LogP contribution in [0.2, 0.25) is 0 Å². The van der Waals surface area contributed by atoms with E-state index in [1.165, 1.54) is 6.07 Å². The Balaban J connectivity index is 1.93. The molecule has 0 atom stereocenters. The summed E-state index contributed by atoms with van der Waals surface area (Å²) < 4.78 is 14.4. The lowest BCUT2D eigenvalue weighted by Gasteiger charge is -2.09. The van der Waals surface area contributed by atoms with Crippen molar-refractivity contribution in [1.82, 2.24) is 4.98 Å². The molecule has 0 bridgehead atoms. The number of carboxylic acid groups (broad SMARTS) is 1. The number of fused-ring (bicyclic) bond motifs is 1. The average molecular weight is 376 g/mol. The van der Waals surface area contributed by atoms with Gasteiger partial charge in [0, 0.05) is 28.2 Å². The summed E-state index contributed by atoms with van der Waals surface area (Å²) in [5, 5.41) is 12.2. The SMILES string of the molecule is Cc1[nH]c(/C=C2\C(=O)Nc3cccc(-c4ccccc4F)c32)c(C)c1C(=O)O. The van der Waals surface area contributed by atoms with Crippen LogP contribution in [0.1, 0.15) is 32.9 Å². The van der Waals surface area contributed by atoms with Crippen LogP contribution in [0.3, 0.4) is 0 Å². The van der Waals surface area contributed by atoms with Crippen molar-refractivity contribution in [3.63, 3.8) is 0 Å². The molecule has 28 heavy (non-hydrogen) atoms. The zero-order valence-corrected chi connectivity index (χ0v) is 15.3. The third-order valence-corrected chi connectivity index (χ3v) is 4.97. The minimum Gasteiger partial charge on any atom is -0.478 e. The number of aromatic carboxylic acids is 1. The minimum absolute atomic E-state index is 0.188. The summed E-state index contributed by atoms with van der Waals surface area (Å²) in [5.74, 6) is -1.73. The fourth-order valence-corrected chi connectivity index (χ4v) is 3.68. The number of carboxylic acids is 1. The van der Waals surface area contributed by atoms with E-state index in [0.717, 1.165) is 0 Å². The van der Waals surface area contributed by atoms with Crippen molar-refractivity contribution in [2.45, 2.75) is 13.8 Å². The quantitative estimate of drug-likeness (QED) is 0.583. The summed E-state index contributed by atoms with van der Waals surface area (Å²) in [5.41, 5.74) is 4.32. The first-order valence-electron chi connectivity index (χ1n) is 8.72. The van der Waals surface area contributed by atoms with Crippen LogP contribution >= 0.6 is 0 Å². The van der Waals surface area contributed by atoms with Gasteiger partial charge in [-0.1, -0.05) is 30.3 Å². The number of carbonyl (C=O) groups excluding carboxylic acids is 1. The van der Waals surface area contributed by atoms with E-state index in [4.69, 9.17) is 0 Å². The Morgan fingerprint density at radius 2 is 1.79 bits per heavy atom.